The van der Waals surface area contributed by atoms with E-state index in [1.807, 2.05) is 17.9 Å². The fraction of sp³-hybridized carbons (Fsp3) is 0.542. The fourth-order valence-corrected chi connectivity index (χ4v) is 4.15. The standard InChI is InChI=1S/C24H34N4O/c1-4-13-27(14-5-2)23-18-22(25-19(3)26-23)24(29)28-15-11-21(12-16-28)17-20-9-7-6-8-10-20/h6-10,18,21H,4-5,11-17H2,1-3H3. The van der Waals surface area contributed by atoms with Crippen LogP contribution in [-0.4, -0.2) is 47.0 Å². The van der Waals surface area contributed by atoms with Crippen LogP contribution in [-0.2, 0) is 6.42 Å². The molecule has 0 spiro atoms. The van der Waals surface area contributed by atoms with Gasteiger partial charge in [-0.2, -0.15) is 0 Å². The molecule has 2 aromatic rings. The van der Waals surface area contributed by atoms with Gasteiger partial charge in [-0.05, 0) is 50.5 Å². The van der Waals surface area contributed by atoms with Gasteiger partial charge >= 0.3 is 0 Å². The van der Waals surface area contributed by atoms with Gasteiger partial charge in [-0.15, -0.1) is 0 Å². The topological polar surface area (TPSA) is 49.3 Å². The third-order valence-electron chi connectivity index (χ3n) is 5.62. The van der Waals surface area contributed by atoms with Crippen LogP contribution >= 0.6 is 0 Å². The zero-order valence-electron chi connectivity index (χ0n) is 18.1. The molecule has 156 valence electrons. The quantitative estimate of drug-likeness (QED) is 0.661. The molecular weight excluding hydrogens is 360 g/mol. The van der Waals surface area contributed by atoms with E-state index >= 15 is 0 Å². The highest BCUT2D eigenvalue weighted by atomic mass is 16.2. The van der Waals surface area contributed by atoms with Crippen LogP contribution in [0.3, 0.4) is 0 Å². The highest BCUT2D eigenvalue weighted by Gasteiger charge is 2.25. The minimum Gasteiger partial charge on any atom is -0.357 e. The average Bonchev–Trinajstić information content (AvgIpc) is 2.74. The Balaban J connectivity index is 1.64. The van der Waals surface area contributed by atoms with Crippen molar-refractivity contribution in [3.05, 3.63) is 53.5 Å². The van der Waals surface area contributed by atoms with Crippen LogP contribution in [0.1, 0.15) is 61.4 Å². The number of carbonyl (C=O) groups excluding carboxylic acids is 1. The van der Waals surface area contributed by atoms with Crippen molar-refractivity contribution >= 4 is 11.7 Å². The molecule has 1 aromatic heterocycles. The van der Waals surface area contributed by atoms with E-state index < -0.39 is 0 Å². The third kappa shape index (κ3) is 5.78. The minimum absolute atomic E-state index is 0.0443. The lowest BCUT2D eigenvalue weighted by Gasteiger charge is -2.32. The SMILES string of the molecule is CCCN(CCC)c1cc(C(=O)N2CCC(Cc3ccccc3)CC2)nc(C)n1. The summed E-state index contributed by atoms with van der Waals surface area (Å²) in [6.45, 7) is 9.73. The number of piperidine rings is 1. The van der Waals surface area contributed by atoms with Crippen LogP contribution in [0.5, 0.6) is 0 Å². The molecule has 5 nitrogen and oxygen atoms in total. The van der Waals surface area contributed by atoms with Crippen molar-refractivity contribution in [3.8, 4) is 0 Å². The maximum Gasteiger partial charge on any atom is 0.272 e. The van der Waals surface area contributed by atoms with Gasteiger partial charge < -0.3 is 9.80 Å². The van der Waals surface area contributed by atoms with Crippen LogP contribution in [0.25, 0.3) is 0 Å². The Morgan fingerprint density at radius 3 is 2.34 bits per heavy atom. The molecule has 0 bridgehead atoms. The first-order chi connectivity index (χ1) is 14.1. The maximum atomic E-state index is 13.1. The van der Waals surface area contributed by atoms with E-state index in [2.05, 4.69) is 59.0 Å². The number of likely N-dealkylation sites (tertiary alicyclic amines) is 1. The van der Waals surface area contributed by atoms with Gasteiger partial charge in [0.2, 0.25) is 0 Å². The average molecular weight is 395 g/mol. The van der Waals surface area contributed by atoms with Crippen molar-refractivity contribution in [2.24, 2.45) is 5.92 Å². The van der Waals surface area contributed by atoms with Gasteiger partial charge in [-0.25, -0.2) is 9.97 Å². The highest BCUT2D eigenvalue weighted by Crippen LogP contribution is 2.23. The summed E-state index contributed by atoms with van der Waals surface area (Å²) in [6, 6.07) is 12.5. The lowest BCUT2D eigenvalue weighted by molar-refractivity contribution is 0.0684. The van der Waals surface area contributed by atoms with E-state index in [9.17, 15) is 4.79 Å². The van der Waals surface area contributed by atoms with Crippen molar-refractivity contribution in [2.45, 2.75) is 52.9 Å². The second-order valence-electron chi connectivity index (χ2n) is 8.07. The highest BCUT2D eigenvalue weighted by molar-refractivity contribution is 5.93. The Morgan fingerprint density at radius 1 is 1.07 bits per heavy atom. The molecule has 1 saturated heterocycles. The largest absolute Gasteiger partial charge is 0.357 e. The summed E-state index contributed by atoms with van der Waals surface area (Å²) in [5.41, 5.74) is 1.92. The molecule has 1 amide bonds. The molecular formula is C24H34N4O. The number of carbonyl (C=O) groups is 1. The zero-order valence-corrected chi connectivity index (χ0v) is 18.1. The van der Waals surface area contributed by atoms with Crippen LogP contribution < -0.4 is 4.90 Å². The molecule has 0 saturated carbocycles. The number of nitrogens with zero attached hydrogens (tertiary/aromatic N) is 4. The van der Waals surface area contributed by atoms with Gasteiger partial charge in [-0.1, -0.05) is 44.2 Å². The summed E-state index contributed by atoms with van der Waals surface area (Å²) in [4.78, 5) is 26.4. The first-order valence-corrected chi connectivity index (χ1v) is 11.0. The molecule has 1 aromatic carbocycles. The van der Waals surface area contributed by atoms with E-state index in [4.69, 9.17) is 0 Å². The van der Waals surface area contributed by atoms with Crippen LogP contribution in [0, 0.1) is 12.8 Å². The molecule has 0 unspecified atom stereocenters. The number of amides is 1. The summed E-state index contributed by atoms with van der Waals surface area (Å²) in [6.07, 6.45) is 5.32. The Labute approximate surface area is 175 Å². The fourth-order valence-electron chi connectivity index (χ4n) is 4.15. The van der Waals surface area contributed by atoms with E-state index in [1.54, 1.807) is 0 Å². The van der Waals surface area contributed by atoms with Gasteiger partial charge in [0.05, 0.1) is 0 Å². The second kappa shape index (κ2) is 10.4. The predicted octanol–water partition coefficient (Wildman–Crippen LogP) is 4.51. The van der Waals surface area contributed by atoms with Gasteiger partial charge in [0.25, 0.3) is 5.91 Å². The van der Waals surface area contributed by atoms with Crippen LogP contribution in [0.2, 0.25) is 0 Å². The molecule has 1 aliphatic rings. The number of benzene rings is 1. The number of hydrogen-bond acceptors (Lipinski definition) is 4. The first-order valence-electron chi connectivity index (χ1n) is 11.0. The van der Waals surface area contributed by atoms with Gasteiger partial charge in [0, 0.05) is 32.2 Å². The van der Waals surface area contributed by atoms with E-state index in [-0.39, 0.29) is 5.91 Å². The lowest BCUT2D eigenvalue weighted by Crippen LogP contribution is -2.39. The monoisotopic (exact) mass is 394 g/mol. The number of hydrogen-bond donors (Lipinski definition) is 0. The molecule has 0 aliphatic carbocycles. The van der Waals surface area contributed by atoms with Crippen molar-refractivity contribution in [1.29, 1.82) is 0 Å². The third-order valence-corrected chi connectivity index (χ3v) is 5.62. The lowest BCUT2D eigenvalue weighted by atomic mass is 9.90. The molecule has 0 radical (unpaired) electrons. The first kappa shape index (κ1) is 21.3. The van der Waals surface area contributed by atoms with Gasteiger partial charge in [0.1, 0.15) is 17.3 Å². The number of rotatable bonds is 8. The molecule has 29 heavy (non-hydrogen) atoms. The zero-order chi connectivity index (χ0) is 20.6. The Bertz CT molecular complexity index is 779. The summed E-state index contributed by atoms with van der Waals surface area (Å²) < 4.78 is 0. The van der Waals surface area contributed by atoms with E-state index in [0.29, 0.717) is 17.4 Å². The second-order valence-corrected chi connectivity index (χ2v) is 8.07. The van der Waals surface area contributed by atoms with Crippen LogP contribution in [0.15, 0.2) is 36.4 Å². The normalized spacial score (nSPS) is 14.8. The van der Waals surface area contributed by atoms with Crippen molar-refractivity contribution in [1.82, 2.24) is 14.9 Å². The minimum atomic E-state index is 0.0443. The van der Waals surface area contributed by atoms with E-state index in [0.717, 1.165) is 64.1 Å². The van der Waals surface area contributed by atoms with E-state index in [1.165, 1.54) is 5.56 Å². The molecule has 0 N–H and O–H groups in total. The molecule has 3 rings (SSSR count). The predicted molar refractivity (Wildman–Crippen MR) is 118 cm³/mol. The molecule has 1 aliphatic heterocycles. The van der Waals surface area contributed by atoms with Crippen LogP contribution in [0.4, 0.5) is 5.82 Å². The molecule has 5 heteroatoms. The van der Waals surface area contributed by atoms with Crippen molar-refractivity contribution in [2.75, 3.05) is 31.1 Å². The smallest absolute Gasteiger partial charge is 0.272 e. The Kier molecular flexibility index (Phi) is 7.62. The number of aryl methyl sites for hydroxylation is 1. The maximum absolute atomic E-state index is 13.1. The summed E-state index contributed by atoms with van der Waals surface area (Å²) >= 11 is 0. The molecule has 1 fully saturated rings. The van der Waals surface area contributed by atoms with Gasteiger partial charge in [0.15, 0.2) is 0 Å². The molecule has 0 atom stereocenters. The molecule has 2 heterocycles. The summed E-state index contributed by atoms with van der Waals surface area (Å²) in [5.74, 6) is 2.24. The van der Waals surface area contributed by atoms with Crippen molar-refractivity contribution in [3.63, 3.8) is 0 Å². The Hall–Kier alpha value is -2.43. The van der Waals surface area contributed by atoms with Gasteiger partial charge in [-0.3, -0.25) is 4.79 Å². The number of anilines is 1. The summed E-state index contributed by atoms with van der Waals surface area (Å²) in [7, 11) is 0. The number of aromatic nitrogens is 2. The Morgan fingerprint density at radius 2 is 1.72 bits per heavy atom. The van der Waals surface area contributed by atoms with Crippen molar-refractivity contribution < 1.29 is 4.79 Å². The summed E-state index contributed by atoms with van der Waals surface area (Å²) in [5, 5.41) is 0.